The second-order valence-corrected chi connectivity index (χ2v) is 6.50. The van der Waals surface area contributed by atoms with Gasteiger partial charge in [-0.15, -0.1) is 0 Å². The quantitative estimate of drug-likeness (QED) is 0.724. The molecule has 3 rings (SSSR count). The maximum absolute atomic E-state index is 12.0. The van der Waals surface area contributed by atoms with E-state index in [1.807, 2.05) is 0 Å². The minimum atomic E-state index is -0.321. The lowest BCUT2D eigenvalue weighted by molar-refractivity contribution is -0.118. The summed E-state index contributed by atoms with van der Waals surface area (Å²) < 4.78 is 6.19. The molecule has 2 aromatic carbocycles. The first-order valence-electron chi connectivity index (χ1n) is 6.55. The van der Waals surface area contributed by atoms with Gasteiger partial charge in [0.05, 0.1) is 14.7 Å². The van der Waals surface area contributed by atoms with E-state index in [0.29, 0.717) is 32.1 Å². The fraction of sp³-hybridized carbons (Fsp3) is 0.0667. The van der Waals surface area contributed by atoms with Gasteiger partial charge in [0.1, 0.15) is 11.3 Å². The largest absolute Gasteiger partial charge is 0.482 e. The van der Waals surface area contributed by atoms with Crippen LogP contribution in [0.2, 0.25) is 10.0 Å². The van der Waals surface area contributed by atoms with Crippen LogP contribution in [0, 0.1) is 0 Å². The Labute approximate surface area is 146 Å². The number of carbonyl (C=O) groups excluding carboxylic acids is 1. The number of ether oxygens (including phenoxy) is 1. The molecule has 0 spiro atoms. The third kappa shape index (κ3) is 3.67. The van der Waals surface area contributed by atoms with Gasteiger partial charge in [-0.1, -0.05) is 46.7 Å². The first-order chi connectivity index (χ1) is 11.0. The molecule has 8 heteroatoms. The van der Waals surface area contributed by atoms with Crippen molar-refractivity contribution < 1.29 is 9.53 Å². The van der Waals surface area contributed by atoms with Crippen LogP contribution < -0.4 is 15.8 Å². The van der Waals surface area contributed by atoms with Crippen molar-refractivity contribution in [2.24, 2.45) is 0 Å². The van der Waals surface area contributed by atoms with Crippen molar-refractivity contribution in [2.45, 2.75) is 0 Å². The summed E-state index contributed by atoms with van der Waals surface area (Å²) in [5.74, 6) is 0.130. The lowest BCUT2D eigenvalue weighted by Crippen LogP contribution is -2.20. The number of nitrogens with zero attached hydrogens (tertiary/aromatic N) is 1. The molecular formula is C15H11Cl2N3O2S. The Balaban J connectivity index is 1.69. The Kier molecular flexibility index (Phi) is 4.56. The molecule has 0 saturated heterocycles. The third-order valence-electron chi connectivity index (χ3n) is 2.94. The summed E-state index contributed by atoms with van der Waals surface area (Å²) in [6, 6.07) is 10.3. The highest BCUT2D eigenvalue weighted by Crippen LogP contribution is 2.32. The number of aromatic nitrogens is 1. The Morgan fingerprint density at radius 1 is 1.26 bits per heavy atom. The van der Waals surface area contributed by atoms with Gasteiger partial charge < -0.3 is 15.8 Å². The number of anilines is 2. The van der Waals surface area contributed by atoms with E-state index in [0.717, 1.165) is 4.70 Å². The summed E-state index contributed by atoms with van der Waals surface area (Å²) in [5.41, 5.74) is 6.85. The fourth-order valence-electron chi connectivity index (χ4n) is 1.98. The molecule has 0 fully saturated rings. The zero-order valence-corrected chi connectivity index (χ0v) is 14.0. The van der Waals surface area contributed by atoms with E-state index in [4.69, 9.17) is 33.7 Å². The molecule has 0 aliphatic rings. The summed E-state index contributed by atoms with van der Waals surface area (Å²) in [4.78, 5) is 16.1. The van der Waals surface area contributed by atoms with Crippen molar-refractivity contribution in [3.63, 3.8) is 0 Å². The van der Waals surface area contributed by atoms with E-state index in [1.165, 1.54) is 11.3 Å². The summed E-state index contributed by atoms with van der Waals surface area (Å²) in [6.45, 7) is -0.162. The van der Waals surface area contributed by atoms with Gasteiger partial charge in [0.2, 0.25) is 0 Å². The number of nitrogen functional groups attached to an aromatic ring is 1. The molecule has 0 atom stereocenters. The number of thiazole rings is 1. The molecule has 1 aromatic heterocycles. The van der Waals surface area contributed by atoms with Gasteiger partial charge in [-0.25, -0.2) is 4.98 Å². The van der Waals surface area contributed by atoms with E-state index in [1.54, 1.807) is 36.4 Å². The van der Waals surface area contributed by atoms with Crippen molar-refractivity contribution >= 4 is 61.5 Å². The van der Waals surface area contributed by atoms with Crippen LogP contribution in [0.15, 0.2) is 36.4 Å². The predicted octanol–water partition coefficient (Wildman–Crippen LogP) is 4.20. The van der Waals surface area contributed by atoms with Crippen molar-refractivity contribution in [1.29, 1.82) is 0 Å². The first kappa shape index (κ1) is 15.9. The maximum Gasteiger partial charge on any atom is 0.262 e. The van der Waals surface area contributed by atoms with Crippen LogP contribution in [0.4, 0.5) is 10.8 Å². The van der Waals surface area contributed by atoms with E-state index in [-0.39, 0.29) is 12.5 Å². The number of halogens is 2. The molecule has 1 amide bonds. The van der Waals surface area contributed by atoms with Crippen LogP contribution >= 0.6 is 34.5 Å². The zero-order valence-electron chi connectivity index (χ0n) is 11.7. The minimum absolute atomic E-state index is 0.162. The highest BCUT2D eigenvalue weighted by molar-refractivity contribution is 7.22. The second kappa shape index (κ2) is 6.62. The van der Waals surface area contributed by atoms with Gasteiger partial charge in [0.15, 0.2) is 11.7 Å². The smallest absolute Gasteiger partial charge is 0.262 e. The molecular weight excluding hydrogens is 357 g/mol. The molecule has 5 nitrogen and oxygen atoms in total. The van der Waals surface area contributed by atoms with Gasteiger partial charge in [-0.3, -0.25) is 4.79 Å². The van der Waals surface area contributed by atoms with Crippen molar-refractivity contribution in [2.75, 3.05) is 17.7 Å². The second-order valence-electron chi connectivity index (χ2n) is 4.62. The summed E-state index contributed by atoms with van der Waals surface area (Å²) in [6.07, 6.45) is 0. The summed E-state index contributed by atoms with van der Waals surface area (Å²) in [7, 11) is 0. The number of nitrogens with one attached hydrogen (secondary N) is 1. The lowest BCUT2D eigenvalue weighted by atomic mass is 10.3. The number of rotatable bonds is 4. The van der Waals surface area contributed by atoms with Gasteiger partial charge in [-0.05, 0) is 24.3 Å². The monoisotopic (exact) mass is 367 g/mol. The van der Waals surface area contributed by atoms with E-state index < -0.39 is 0 Å². The number of amides is 1. The number of nitrogens with two attached hydrogens (primary N) is 1. The average molecular weight is 368 g/mol. The normalized spacial score (nSPS) is 10.7. The number of fused-ring (bicyclic) bond motifs is 1. The van der Waals surface area contributed by atoms with Gasteiger partial charge >= 0.3 is 0 Å². The molecule has 23 heavy (non-hydrogen) atoms. The molecule has 3 aromatic rings. The number of carbonyl (C=O) groups is 1. The SMILES string of the molecule is Nc1nc2c(Cl)cc(NC(=O)COc3ccccc3Cl)cc2s1. The molecule has 1 heterocycles. The maximum atomic E-state index is 12.0. The molecule has 0 saturated carbocycles. The Morgan fingerprint density at radius 3 is 2.83 bits per heavy atom. The van der Waals surface area contributed by atoms with Gasteiger partial charge in [0, 0.05) is 5.69 Å². The van der Waals surface area contributed by atoms with Gasteiger partial charge in [0.25, 0.3) is 5.91 Å². The molecule has 0 aliphatic heterocycles. The van der Waals surface area contributed by atoms with Gasteiger partial charge in [-0.2, -0.15) is 0 Å². The average Bonchev–Trinajstić information content (AvgIpc) is 2.87. The molecule has 0 bridgehead atoms. The molecule has 0 radical (unpaired) electrons. The van der Waals surface area contributed by atoms with E-state index in [2.05, 4.69) is 10.3 Å². The number of benzene rings is 2. The van der Waals surface area contributed by atoms with Crippen LogP contribution in [0.1, 0.15) is 0 Å². The zero-order chi connectivity index (χ0) is 16.4. The molecule has 3 N–H and O–H groups in total. The van der Waals surface area contributed by atoms with E-state index >= 15 is 0 Å². The fourth-order valence-corrected chi connectivity index (χ4v) is 3.29. The number of hydrogen-bond donors (Lipinski definition) is 2. The van der Waals surface area contributed by atoms with Crippen molar-refractivity contribution in [3.05, 3.63) is 46.4 Å². The van der Waals surface area contributed by atoms with E-state index in [9.17, 15) is 4.79 Å². The van der Waals surface area contributed by atoms with Crippen LogP contribution in [-0.4, -0.2) is 17.5 Å². The third-order valence-corrected chi connectivity index (χ3v) is 4.38. The van der Waals surface area contributed by atoms with Crippen molar-refractivity contribution in [1.82, 2.24) is 4.98 Å². The first-order valence-corrected chi connectivity index (χ1v) is 8.13. The topological polar surface area (TPSA) is 77.2 Å². The highest BCUT2D eigenvalue weighted by atomic mass is 35.5. The van der Waals surface area contributed by atoms with Crippen LogP contribution in [-0.2, 0) is 4.79 Å². The minimum Gasteiger partial charge on any atom is -0.482 e. The Morgan fingerprint density at radius 2 is 2.04 bits per heavy atom. The molecule has 0 aliphatic carbocycles. The number of para-hydroxylation sites is 1. The molecule has 118 valence electrons. The summed E-state index contributed by atoms with van der Waals surface area (Å²) in [5, 5.41) is 4.02. The standard InChI is InChI=1S/C15H11Cl2N3O2S/c16-9-3-1-2-4-11(9)22-7-13(21)19-8-5-10(17)14-12(6-8)23-15(18)20-14/h1-6H,7H2,(H2,18,20)(H,19,21). The highest BCUT2D eigenvalue weighted by Gasteiger charge is 2.10. The Bertz CT molecular complexity index is 882. The number of hydrogen-bond acceptors (Lipinski definition) is 5. The van der Waals surface area contributed by atoms with Crippen molar-refractivity contribution in [3.8, 4) is 5.75 Å². The van der Waals surface area contributed by atoms with Crippen LogP contribution in [0.5, 0.6) is 5.75 Å². The Hall–Kier alpha value is -2.02. The van der Waals surface area contributed by atoms with Crippen LogP contribution in [0.3, 0.4) is 0 Å². The van der Waals surface area contributed by atoms with Crippen LogP contribution in [0.25, 0.3) is 10.2 Å². The summed E-state index contributed by atoms with van der Waals surface area (Å²) >= 11 is 13.4. The molecule has 0 unspecified atom stereocenters. The predicted molar refractivity (Wildman–Crippen MR) is 94.6 cm³/mol. The lowest BCUT2D eigenvalue weighted by Gasteiger charge is -2.09.